The van der Waals surface area contributed by atoms with Gasteiger partial charge >= 0.3 is 0 Å². The van der Waals surface area contributed by atoms with E-state index in [1.165, 1.54) is 0 Å². The Bertz CT molecular complexity index is 534. The summed E-state index contributed by atoms with van der Waals surface area (Å²) in [7, 11) is 0. The summed E-state index contributed by atoms with van der Waals surface area (Å²) in [5.74, 6) is 0.851. The third-order valence-electron chi connectivity index (χ3n) is 2.73. The molecule has 0 saturated heterocycles. The van der Waals surface area contributed by atoms with Crippen LogP contribution in [0.15, 0.2) is 65.7 Å². The number of aryl methyl sites for hydroxylation is 1. The van der Waals surface area contributed by atoms with E-state index in [0.717, 1.165) is 21.3 Å². The van der Waals surface area contributed by atoms with Gasteiger partial charge in [0.1, 0.15) is 11.9 Å². The molecule has 0 bridgehead atoms. The summed E-state index contributed by atoms with van der Waals surface area (Å²) in [6, 6.07) is 16.0. The highest BCUT2D eigenvalue weighted by atomic mass is 79.9. The Hall–Kier alpha value is -1.54. The topological polar surface area (TPSA) is 9.23 Å². The van der Waals surface area contributed by atoms with Crippen LogP contribution in [0.5, 0.6) is 5.75 Å². The maximum Gasteiger partial charge on any atom is 0.142 e. The second-order valence-electron chi connectivity index (χ2n) is 4.10. The predicted octanol–water partition coefficient (Wildman–Crippen LogP) is 5.06. The Kier molecular flexibility index (Phi) is 4.21. The molecule has 1 nitrogen and oxygen atoms in total. The van der Waals surface area contributed by atoms with Crippen LogP contribution in [-0.4, -0.2) is 0 Å². The van der Waals surface area contributed by atoms with Gasteiger partial charge in [0, 0.05) is 4.47 Å². The first kappa shape index (κ1) is 12.9. The van der Waals surface area contributed by atoms with Crippen LogP contribution in [0.2, 0.25) is 0 Å². The number of rotatable bonds is 4. The van der Waals surface area contributed by atoms with E-state index in [4.69, 9.17) is 4.74 Å². The SMILES string of the molecule is C=C[C@@H](Oc1ccc(Br)c(C)c1)c1ccccc1. The van der Waals surface area contributed by atoms with Gasteiger partial charge in [-0.2, -0.15) is 0 Å². The van der Waals surface area contributed by atoms with E-state index < -0.39 is 0 Å². The van der Waals surface area contributed by atoms with Crippen LogP contribution in [0.25, 0.3) is 0 Å². The van der Waals surface area contributed by atoms with Gasteiger partial charge in [0.25, 0.3) is 0 Å². The highest BCUT2D eigenvalue weighted by Gasteiger charge is 2.09. The van der Waals surface area contributed by atoms with Crippen molar-refractivity contribution in [2.24, 2.45) is 0 Å². The Balaban J connectivity index is 2.21. The zero-order valence-corrected chi connectivity index (χ0v) is 11.9. The molecular formula is C16H15BrO. The Morgan fingerprint density at radius 2 is 1.89 bits per heavy atom. The van der Waals surface area contributed by atoms with Crippen LogP contribution < -0.4 is 4.74 Å². The fourth-order valence-corrected chi connectivity index (χ4v) is 1.98. The van der Waals surface area contributed by atoms with Crippen molar-refractivity contribution in [2.45, 2.75) is 13.0 Å². The molecule has 0 aliphatic heterocycles. The van der Waals surface area contributed by atoms with E-state index in [2.05, 4.69) is 22.5 Å². The van der Waals surface area contributed by atoms with Crippen molar-refractivity contribution in [3.05, 3.63) is 76.8 Å². The largest absolute Gasteiger partial charge is 0.482 e. The zero-order valence-electron chi connectivity index (χ0n) is 10.3. The highest BCUT2D eigenvalue weighted by Crippen LogP contribution is 2.26. The van der Waals surface area contributed by atoms with Gasteiger partial charge < -0.3 is 4.74 Å². The van der Waals surface area contributed by atoms with E-state index in [0.29, 0.717) is 0 Å². The number of hydrogen-bond donors (Lipinski definition) is 0. The van der Waals surface area contributed by atoms with Gasteiger partial charge in [0.2, 0.25) is 0 Å². The van der Waals surface area contributed by atoms with Crippen LogP contribution in [0.4, 0.5) is 0 Å². The molecule has 0 N–H and O–H groups in total. The van der Waals surface area contributed by atoms with Gasteiger partial charge in [-0.15, -0.1) is 0 Å². The molecule has 0 aliphatic carbocycles. The molecule has 2 aromatic carbocycles. The minimum absolute atomic E-state index is 0.119. The molecule has 2 heteroatoms. The summed E-state index contributed by atoms with van der Waals surface area (Å²) >= 11 is 3.48. The molecule has 1 atom stereocenters. The van der Waals surface area contributed by atoms with Crippen molar-refractivity contribution in [2.75, 3.05) is 0 Å². The van der Waals surface area contributed by atoms with Crippen LogP contribution in [0.3, 0.4) is 0 Å². The minimum atomic E-state index is -0.119. The maximum atomic E-state index is 5.95. The number of benzene rings is 2. The lowest BCUT2D eigenvalue weighted by molar-refractivity contribution is 0.255. The molecule has 2 aromatic rings. The molecule has 0 fully saturated rings. The maximum absolute atomic E-state index is 5.95. The van der Waals surface area contributed by atoms with Crippen LogP contribution in [0, 0.1) is 6.92 Å². The lowest BCUT2D eigenvalue weighted by Gasteiger charge is -2.16. The standard InChI is InChI=1S/C16H15BrO/c1-3-16(13-7-5-4-6-8-13)18-14-9-10-15(17)12(2)11-14/h3-11,16H,1H2,2H3/t16-/m1/s1. The van der Waals surface area contributed by atoms with Crippen molar-refractivity contribution in [1.29, 1.82) is 0 Å². The summed E-state index contributed by atoms with van der Waals surface area (Å²) in [6.07, 6.45) is 1.69. The quantitative estimate of drug-likeness (QED) is 0.717. The molecule has 18 heavy (non-hydrogen) atoms. The van der Waals surface area contributed by atoms with Gasteiger partial charge in [-0.3, -0.25) is 0 Å². The molecular weight excluding hydrogens is 288 g/mol. The van der Waals surface area contributed by atoms with Crippen molar-refractivity contribution in [3.63, 3.8) is 0 Å². The molecule has 2 rings (SSSR count). The van der Waals surface area contributed by atoms with E-state index in [1.807, 2.05) is 61.5 Å². The summed E-state index contributed by atoms with van der Waals surface area (Å²) in [5.41, 5.74) is 2.26. The molecule has 0 aromatic heterocycles. The van der Waals surface area contributed by atoms with Crippen LogP contribution in [0.1, 0.15) is 17.2 Å². The van der Waals surface area contributed by atoms with E-state index in [1.54, 1.807) is 0 Å². The fourth-order valence-electron chi connectivity index (χ4n) is 1.73. The van der Waals surface area contributed by atoms with Gasteiger partial charge in [0.05, 0.1) is 0 Å². The van der Waals surface area contributed by atoms with E-state index in [-0.39, 0.29) is 6.10 Å². The molecule has 92 valence electrons. The molecule has 0 radical (unpaired) electrons. The van der Waals surface area contributed by atoms with Crippen LogP contribution in [-0.2, 0) is 0 Å². The van der Waals surface area contributed by atoms with Crippen molar-refractivity contribution < 1.29 is 4.74 Å². The summed E-state index contributed by atoms with van der Waals surface area (Å²) in [4.78, 5) is 0. The molecule has 0 aliphatic rings. The van der Waals surface area contributed by atoms with Gasteiger partial charge in [0.15, 0.2) is 0 Å². The van der Waals surface area contributed by atoms with Gasteiger partial charge in [-0.1, -0.05) is 52.8 Å². The first-order chi connectivity index (χ1) is 8.70. The highest BCUT2D eigenvalue weighted by molar-refractivity contribution is 9.10. The second kappa shape index (κ2) is 5.87. The molecule has 0 heterocycles. The normalized spacial score (nSPS) is 11.9. The average molecular weight is 303 g/mol. The van der Waals surface area contributed by atoms with Gasteiger partial charge in [-0.25, -0.2) is 0 Å². The first-order valence-corrected chi connectivity index (χ1v) is 6.60. The first-order valence-electron chi connectivity index (χ1n) is 5.81. The third kappa shape index (κ3) is 3.02. The lowest BCUT2D eigenvalue weighted by atomic mass is 10.1. The third-order valence-corrected chi connectivity index (χ3v) is 3.62. The Morgan fingerprint density at radius 1 is 1.17 bits per heavy atom. The fraction of sp³-hybridized carbons (Fsp3) is 0.125. The Morgan fingerprint density at radius 3 is 2.50 bits per heavy atom. The number of hydrogen-bond acceptors (Lipinski definition) is 1. The zero-order chi connectivity index (χ0) is 13.0. The minimum Gasteiger partial charge on any atom is -0.482 e. The van der Waals surface area contributed by atoms with Crippen LogP contribution >= 0.6 is 15.9 Å². The second-order valence-corrected chi connectivity index (χ2v) is 4.95. The number of ether oxygens (including phenoxy) is 1. The lowest BCUT2D eigenvalue weighted by Crippen LogP contribution is -2.04. The smallest absolute Gasteiger partial charge is 0.142 e. The molecule has 0 unspecified atom stereocenters. The summed E-state index contributed by atoms with van der Waals surface area (Å²) < 4.78 is 7.03. The summed E-state index contributed by atoms with van der Waals surface area (Å²) in [6.45, 7) is 5.88. The predicted molar refractivity (Wildman–Crippen MR) is 78.9 cm³/mol. The monoisotopic (exact) mass is 302 g/mol. The molecule has 0 saturated carbocycles. The average Bonchev–Trinajstić information content (AvgIpc) is 2.41. The number of halogens is 1. The van der Waals surface area contributed by atoms with Crippen molar-refractivity contribution >= 4 is 15.9 Å². The summed E-state index contributed by atoms with van der Waals surface area (Å²) in [5, 5.41) is 0. The van der Waals surface area contributed by atoms with Crippen molar-refractivity contribution in [3.8, 4) is 5.75 Å². The van der Waals surface area contributed by atoms with Gasteiger partial charge in [-0.05, 0) is 42.3 Å². The van der Waals surface area contributed by atoms with E-state index >= 15 is 0 Å². The van der Waals surface area contributed by atoms with E-state index in [9.17, 15) is 0 Å². The van der Waals surface area contributed by atoms with Crippen molar-refractivity contribution in [1.82, 2.24) is 0 Å². The Labute approximate surface area is 116 Å². The molecule has 0 spiro atoms. The molecule has 0 amide bonds.